The average Bonchev–Trinajstić information content (AvgIpc) is 2.61. The third-order valence-corrected chi connectivity index (χ3v) is 5.24. The van der Waals surface area contributed by atoms with E-state index in [0.29, 0.717) is 10.6 Å². The standard InChI is InChI=1S/C18H13ClF3N3O4S/c19-14-4-2-1-3-10(14)7-16(26)25-11-8-13-12(15(9-11)30(23,27)28)5-6-24-17(13)29-18(20,21)22/h1-6,8-9H,7H2,(H,25,26)(H2,23,27,28). The Morgan fingerprint density at radius 3 is 2.50 bits per heavy atom. The number of hydrogen-bond acceptors (Lipinski definition) is 5. The first kappa shape index (κ1) is 21.8. The molecule has 0 aliphatic carbocycles. The van der Waals surface area contributed by atoms with Crippen LogP contribution in [0.4, 0.5) is 18.9 Å². The maximum atomic E-state index is 12.7. The van der Waals surface area contributed by atoms with Crippen LogP contribution in [0.1, 0.15) is 5.56 Å². The number of sulfonamides is 1. The lowest BCUT2D eigenvalue weighted by Gasteiger charge is -2.14. The van der Waals surface area contributed by atoms with Gasteiger partial charge in [0, 0.05) is 27.7 Å². The van der Waals surface area contributed by atoms with Gasteiger partial charge in [-0.15, -0.1) is 13.2 Å². The summed E-state index contributed by atoms with van der Waals surface area (Å²) in [6, 6.07) is 9.90. The molecule has 3 rings (SSSR count). The van der Waals surface area contributed by atoms with E-state index in [1.165, 1.54) is 6.07 Å². The van der Waals surface area contributed by atoms with E-state index in [1.807, 2.05) is 0 Å². The summed E-state index contributed by atoms with van der Waals surface area (Å²) in [6.07, 6.45) is -4.26. The second-order valence-electron chi connectivity index (χ2n) is 6.09. The van der Waals surface area contributed by atoms with Crippen molar-refractivity contribution in [1.82, 2.24) is 4.98 Å². The quantitative estimate of drug-likeness (QED) is 0.605. The second kappa shape index (κ2) is 8.09. The zero-order chi connectivity index (χ0) is 22.1. The molecule has 158 valence electrons. The van der Waals surface area contributed by atoms with Gasteiger partial charge in [0.1, 0.15) is 0 Å². The van der Waals surface area contributed by atoms with E-state index in [4.69, 9.17) is 16.7 Å². The van der Waals surface area contributed by atoms with Crippen LogP contribution in [0.15, 0.2) is 53.6 Å². The van der Waals surface area contributed by atoms with Crippen LogP contribution in [0.5, 0.6) is 5.88 Å². The zero-order valence-corrected chi connectivity index (χ0v) is 16.5. The Kier molecular flexibility index (Phi) is 5.88. The highest BCUT2D eigenvalue weighted by Gasteiger charge is 2.33. The molecule has 0 saturated heterocycles. The number of halogens is 4. The van der Waals surface area contributed by atoms with Gasteiger partial charge in [0.2, 0.25) is 21.8 Å². The van der Waals surface area contributed by atoms with Gasteiger partial charge in [-0.05, 0) is 29.8 Å². The Hall–Kier alpha value is -2.89. The molecule has 0 saturated carbocycles. The van der Waals surface area contributed by atoms with Crippen molar-refractivity contribution in [3.05, 3.63) is 59.2 Å². The Morgan fingerprint density at radius 2 is 1.87 bits per heavy atom. The van der Waals surface area contributed by atoms with Gasteiger partial charge in [-0.25, -0.2) is 18.5 Å². The zero-order valence-electron chi connectivity index (χ0n) is 14.9. The predicted molar refractivity (Wildman–Crippen MR) is 104 cm³/mol. The number of anilines is 1. The molecule has 2 aromatic carbocycles. The van der Waals surface area contributed by atoms with E-state index in [9.17, 15) is 26.4 Å². The van der Waals surface area contributed by atoms with Crippen LogP contribution in [-0.2, 0) is 21.2 Å². The minimum atomic E-state index is -5.06. The van der Waals surface area contributed by atoms with E-state index in [1.54, 1.807) is 24.3 Å². The fourth-order valence-electron chi connectivity index (χ4n) is 2.74. The van der Waals surface area contributed by atoms with E-state index in [2.05, 4.69) is 15.0 Å². The lowest BCUT2D eigenvalue weighted by Crippen LogP contribution is -2.19. The molecule has 0 aliphatic rings. The van der Waals surface area contributed by atoms with Crippen molar-refractivity contribution in [1.29, 1.82) is 0 Å². The van der Waals surface area contributed by atoms with E-state index in [0.717, 1.165) is 18.3 Å². The number of aromatic nitrogens is 1. The van der Waals surface area contributed by atoms with Crippen LogP contribution in [0, 0.1) is 0 Å². The van der Waals surface area contributed by atoms with Crippen molar-refractivity contribution >= 4 is 44.0 Å². The van der Waals surface area contributed by atoms with Crippen LogP contribution >= 0.6 is 11.6 Å². The number of nitrogens with one attached hydrogen (secondary N) is 1. The first-order valence-corrected chi connectivity index (χ1v) is 10.1. The van der Waals surface area contributed by atoms with E-state index in [-0.39, 0.29) is 22.9 Å². The fraction of sp³-hybridized carbons (Fsp3) is 0.111. The summed E-state index contributed by atoms with van der Waals surface area (Å²) < 4.78 is 66.0. The first-order valence-electron chi connectivity index (χ1n) is 8.18. The largest absolute Gasteiger partial charge is 0.574 e. The highest BCUT2D eigenvalue weighted by atomic mass is 35.5. The molecular weight excluding hydrogens is 447 g/mol. The molecule has 0 atom stereocenters. The Morgan fingerprint density at radius 1 is 1.17 bits per heavy atom. The Balaban J connectivity index is 2.05. The molecule has 0 unspecified atom stereocenters. The summed E-state index contributed by atoms with van der Waals surface area (Å²) in [7, 11) is -4.35. The number of amides is 1. The molecule has 0 radical (unpaired) electrons. The number of carbonyl (C=O) groups excluding carboxylic acids is 1. The van der Waals surface area contributed by atoms with Gasteiger partial charge in [-0.2, -0.15) is 0 Å². The smallest absolute Gasteiger partial charge is 0.387 e. The summed E-state index contributed by atoms with van der Waals surface area (Å²) in [5.41, 5.74) is 0.399. The summed E-state index contributed by atoms with van der Waals surface area (Å²) in [5, 5.41) is 7.54. The summed E-state index contributed by atoms with van der Waals surface area (Å²) in [4.78, 5) is 15.4. The van der Waals surface area contributed by atoms with Gasteiger partial charge in [0.05, 0.1) is 11.3 Å². The number of benzene rings is 2. The molecular formula is C18H13ClF3N3O4S. The number of primary sulfonamides is 1. The number of nitrogens with zero attached hydrogens (tertiary/aromatic N) is 1. The van der Waals surface area contributed by atoms with Crippen LogP contribution in [0.3, 0.4) is 0 Å². The maximum absolute atomic E-state index is 12.7. The first-order chi connectivity index (χ1) is 13.9. The van der Waals surface area contributed by atoms with Gasteiger partial charge in [0.25, 0.3) is 0 Å². The molecule has 0 fully saturated rings. The van der Waals surface area contributed by atoms with Crippen LogP contribution in [0.2, 0.25) is 5.02 Å². The van der Waals surface area contributed by atoms with Crippen LogP contribution in [-0.4, -0.2) is 25.7 Å². The molecule has 0 aliphatic heterocycles. The van der Waals surface area contributed by atoms with Crippen molar-refractivity contribution in [3.8, 4) is 5.88 Å². The monoisotopic (exact) mass is 459 g/mol. The number of alkyl halides is 3. The Labute approximate surface area is 173 Å². The molecule has 1 amide bonds. The van der Waals surface area contributed by atoms with Crippen LogP contribution in [0.25, 0.3) is 10.8 Å². The van der Waals surface area contributed by atoms with Crippen LogP contribution < -0.4 is 15.2 Å². The lowest BCUT2D eigenvalue weighted by molar-refractivity contribution is -0.275. The summed E-state index contributed by atoms with van der Waals surface area (Å²) in [6.45, 7) is 0. The predicted octanol–water partition coefficient (Wildman–Crippen LogP) is 3.62. The number of rotatable bonds is 5. The molecule has 0 bridgehead atoms. The van der Waals surface area contributed by atoms with Crippen molar-refractivity contribution in [2.45, 2.75) is 17.7 Å². The molecule has 30 heavy (non-hydrogen) atoms. The molecule has 7 nitrogen and oxygen atoms in total. The molecule has 12 heteroatoms. The van der Waals surface area contributed by atoms with Crippen molar-refractivity contribution in [3.63, 3.8) is 0 Å². The van der Waals surface area contributed by atoms with Crippen molar-refractivity contribution < 1.29 is 31.1 Å². The molecule has 3 N–H and O–H groups in total. The highest BCUT2D eigenvalue weighted by molar-refractivity contribution is 7.89. The fourth-order valence-corrected chi connectivity index (χ4v) is 3.72. The Bertz CT molecular complexity index is 1230. The van der Waals surface area contributed by atoms with Gasteiger partial charge in [-0.1, -0.05) is 29.8 Å². The number of pyridine rings is 1. The number of hydrogen-bond donors (Lipinski definition) is 2. The van der Waals surface area contributed by atoms with E-state index < -0.39 is 33.1 Å². The third-order valence-electron chi connectivity index (χ3n) is 3.92. The second-order valence-corrected chi connectivity index (χ2v) is 8.03. The number of carbonyl (C=O) groups is 1. The van der Waals surface area contributed by atoms with Gasteiger partial charge in [-0.3, -0.25) is 4.79 Å². The van der Waals surface area contributed by atoms with Gasteiger partial charge >= 0.3 is 6.36 Å². The van der Waals surface area contributed by atoms with Gasteiger partial charge < -0.3 is 10.1 Å². The minimum Gasteiger partial charge on any atom is -0.387 e. The topological polar surface area (TPSA) is 111 Å². The summed E-state index contributed by atoms with van der Waals surface area (Å²) >= 11 is 6.01. The lowest BCUT2D eigenvalue weighted by atomic mass is 10.1. The van der Waals surface area contributed by atoms with Gasteiger partial charge in [0.15, 0.2) is 0 Å². The number of nitrogens with two attached hydrogens (primary N) is 1. The normalized spacial score (nSPS) is 12.0. The molecule has 3 aromatic rings. The van der Waals surface area contributed by atoms with Crippen molar-refractivity contribution in [2.24, 2.45) is 5.14 Å². The van der Waals surface area contributed by atoms with Crippen molar-refractivity contribution in [2.75, 3.05) is 5.32 Å². The summed E-state index contributed by atoms with van der Waals surface area (Å²) in [5.74, 6) is -1.46. The molecule has 1 heterocycles. The third kappa shape index (κ3) is 5.17. The average molecular weight is 460 g/mol. The number of ether oxygens (including phenoxy) is 1. The highest BCUT2D eigenvalue weighted by Crippen LogP contribution is 2.34. The minimum absolute atomic E-state index is 0.108. The molecule has 1 aromatic heterocycles. The maximum Gasteiger partial charge on any atom is 0.574 e. The van der Waals surface area contributed by atoms with E-state index >= 15 is 0 Å². The molecule has 0 spiro atoms. The SMILES string of the molecule is NS(=O)(=O)c1cc(NC(=O)Cc2ccccc2Cl)cc2c(OC(F)(F)F)nccc12. The number of fused-ring (bicyclic) bond motifs is 1.